The highest BCUT2D eigenvalue weighted by Gasteiger charge is 2.26. The van der Waals surface area contributed by atoms with Crippen molar-refractivity contribution in [1.82, 2.24) is 5.43 Å². The molecule has 0 spiro atoms. The summed E-state index contributed by atoms with van der Waals surface area (Å²) in [5.74, 6) is 0.582. The van der Waals surface area contributed by atoms with Gasteiger partial charge in [0.1, 0.15) is 0 Å². The maximum Gasteiger partial charge on any atom is 0.0816 e. The van der Waals surface area contributed by atoms with Crippen molar-refractivity contribution in [3.8, 4) is 0 Å². The minimum Gasteiger partial charge on any atom is -0.313 e. The van der Waals surface area contributed by atoms with Crippen molar-refractivity contribution in [2.24, 2.45) is 16.0 Å². The van der Waals surface area contributed by atoms with Crippen LogP contribution < -0.4 is 5.43 Å². The number of nitrogens with zero attached hydrogens (tertiary/aromatic N) is 2. The molecule has 1 N–H and O–H groups in total. The lowest BCUT2D eigenvalue weighted by Crippen LogP contribution is -2.08. The molecule has 4 heteroatoms. The van der Waals surface area contributed by atoms with Gasteiger partial charge in [0.2, 0.25) is 0 Å². The van der Waals surface area contributed by atoms with Crippen LogP contribution in [0.15, 0.2) is 28.3 Å². The maximum atomic E-state index is 5.90. The molecule has 0 heterocycles. The molecule has 1 aromatic carbocycles. The number of nitrogens with one attached hydrogen (secondary N) is 1. The lowest BCUT2D eigenvalue weighted by atomic mass is 10.2. The van der Waals surface area contributed by atoms with Crippen molar-refractivity contribution in [3.63, 3.8) is 0 Å². The summed E-state index contributed by atoms with van der Waals surface area (Å²) in [6, 6.07) is 5.70. The number of hydrogen-bond acceptors (Lipinski definition) is 3. The van der Waals surface area contributed by atoms with E-state index in [4.69, 9.17) is 11.6 Å². The third kappa shape index (κ3) is 3.30. The van der Waals surface area contributed by atoms with Crippen molar-refractivity contribution in [2.75, 3.05) is 7.05 Å². The summed E-state index contributed by atoms with van der Waals surface area (Å²) in [6.07, 6.45) is 4.28. The van der Waals surface area contributed by atoms with Gasteiger partial charge >= 0.3 is 0 Å². The van der Waals surface area contributed by atoms with Crippen LogP contribution in [0.3, 0.4) is 0 Å². The van der Waals surface area contributed by atoms with Gasteiger partial charge in [-0.3, -0.25) is 4.99 Å². The van der Waals surface area contributed by atoms with Crippen LogP contribution in [-0.4, -0.2) is 19.0 Å². The standard InChI is InChI=1S/C13H16ClN3/c1-9-7-11(14)5-6-12(9)16-8-13(17-15-2)10-3-4-10/h5-8,10,15H,3-4H2,1-2H3. The van der Waals surface area contributed by atoms with E-state index in [1.807, 2.05) is 38.4 Å². The topological polar surface area (TPSA) is 36.8 Å². The van der Waals surface area contributed by atoms with E-state index in [0.717, 1.165) is 22.0 Å². The molecule has 0 saturated heterocycles. The second-order valence-electron chi connectivity index (χ2n) is 4.22. The Hall–Kier alpha value is -1.35. The predicted molar refractivity (Wildman–Crippen MR) is 73.6 cm³/mol. The van der Waals surface area contributed by atoms with E-state index in [0.29, 0.717) is 5.92 Å². The monoisotopic (exact) mass is 249 g/mol. The van der Waals surface area contributed by atoms with Gasteiger partial charge in [0.05, 0.1) is 17.6 Å². The van der Waals surface area contributed by atoms with Crippen LogP contribution in [0.2, 0.25) is 5.02 Å². The molecule has 0 radical (unpaired) electrons. The van der Waals surface area contributed by atoms with Gasteiger partial charge in [0.25, 0.3) is 0 Å². The zero-order valence-corrected chi connectivity index (χ0v) is 10.8. The number of aliphatic imine (C=N–C) groups is 1. The van der Waals surface area contributed by atoms with Gasteiger partial charge in [-0.05, 0) is 43.5 Å². The van der Waals surface area contributed by atoms with Crippen molar-refractivity contribution in [2.45, 2.75) is 19.8 Å². The third-order valence-corrected chi connectivity index (χ3v) is 2.97. The lowest BCUT2D eigenvalue weighted by Gasteiger charge is -2.01. The number of aryl methyl sites for hydroxylation is 1. The molecule has 2 rings (SSSR count). The normalized spacial score (nSPS) is 16.5. The number of benzene rings is 1. The lowest BCUT2D eigenvalue weighted by molar-refractivity contribution is 0.891. The first-order chi connectivity index (χ1) is 8.20. The number of hydrazone groups is 1. The highest BCUT2D eigenvalue weighted by atomic mass is 35.5. The van der Waals surface area contributed by atoms with Crippen LogP contribution in [0.25, 0.3) is 0 Å². The van der Waals surface area contributed by atoms with E-state index in [1.165, 1.54) is 12.8 Å². The minimum atomic E-state index is 0.582. The predicted octanol–water partition coefficient (Wildman–Crippen LogP) is 3.34. The van der Waals surface area contributed by atoms with Crippen LogP contribution >= 0.6 is 11.6 Å². The van der Waals surface area contributed by atoms with Crippen molar-refractivity contribution < 1.29 is 0 Å². The molecular formula is C13H16ClN3. The quantitative estimate of drug-likeness (QED) is 0.645. The molecule has 1 saturated carbocycles. The van der Waals surface area contributed by atoms with E-state index in [1.54, 1.807) is 0 Å². The molecule has 90 valence electrons. The highest BCUT2D eigenvalue weighted by molar-refractivity contribution is 6.33. The fourth-order valence-electron chi connectivity index (χ4n) is 1.63. The number of halogens is 1. The molecule has 0 amide bonds. The van der Waals surface area contributed by atoms with E-state index in [9.17, 15) is 0 Å². The Morgan fingerprint density at radius 2 is 2.24 bits per heavy atom. The largest absolute Gasteiger partial charge is 0.313 e. The van der Waals surface area contributed by atoms with Gasteiger partial charge in [-0.2, -0.15) is 5.10 Å². The van der Waals surface area contributed by atoms with Crippen LogP contribution in [0.1, 0.15) is 18.4 Å². The Bertz CT molecular complexity index is 462. The van der Waals surface area contributed by atoms with E-state index in [-0.39, 0.29) is 0 Å². The fraction of sp³-hybridized carbons (Fsp3) is 0.385. The first-order valence-electron chi connectivity index (χ1n) is 5.75. The molecule has 17 heavy (non-hydrogen) atoms. The first-order valence-corrected chi connectivity index (χ1v) is 6.13. The van der Waals surface area contributed by atoms with Crippen LogP contribution in [0.4, 0.5) is 5.69 Å². The van der Waals surface area contributed by atoms with Crippen LogP contribution in [0.5, 0.6) is 0 Å². The molecule has 1 aliphatic rings. The summed E-state index contributed by atoms with van der Waals surface area (Å²) < 4.78 is 0. The number of hydrogen-bond donors (Lipinski definition) is 1. The van der Waals surface area contributed by atoms with Gasteiger partial charge in [-0.1, -0.05) is 11.6 Å². The van der Waals surface area contributed by atoms with E-state index < -0.39 is 0 Å². The summed E-state index contributed by atoms with van der Waals surface area (Å²) in [6.45, 7) is 2.00. The average Bonchev–Trinajstić information content (AvgIpc) is 3.10. The fourth-order valence-corrected chi connectivity index (χ4v) is 1.86. The summed E-state index contributed by atoms with van der Waals surface area (Å²) in [7, 11) is 1.81. The first kappa shape index (κ1) is 12.1. The van der Waals surface area contributed by atoms with Gasteiger partial charge < -0.3 is 5.43 Å². The average molecular weight is 250 g/mol. The minimum absolute atomic E-state index is 0.582. The molecular weight excluding hydrogens is 234 g/mol. The van der Waals surface area contributed by atoms with Gasteiger partial charge in [-0.25, -0.2) is 0 Å². The molecule has 0 atom stereocenters. The second-order valence-corrected chi connectivity index (χ2v) is 4.66. The molecule has 3 nitrogen and oxygen atoms in total. The smallest absolute Gasteiger partial charge is 0.0816 e. The zero-order chi connectivity index (χ0) is 12.3. The Morgan fingerprint density at radius 3 is 2.82 bits per heavy atom. The van der Waals surface area contributed by atoms with Gasteiger partial charge in [0, 0.05) is 18.0 Å². The van der Waals surface area contributed by atoms with Crippen molar-refractivity contribution >= 4 is 29.2 Å². The number of rotatable bonds is 4. The summed E-state index contributed by atoms with van der Waals surface area (Å²) in [5, 5.41) is 4.98. The van der Waals surface area contributed by atoms with Crippen molar-refractivity contribution in [1.29, 1.82) is 0 Å². The second kappa shape index (κ2) is 5.32. The molecule has 0 bridgehead atoms. The van der Waals surface area contributed by atoms with E-state index >= 15 is 0 Å². The van der Waals surface area contributed by atoms with Gasteiger partial charge in [0.15, 0.2) is 0 Å². The van der Waals surface area contributed by atoms with Crippen molar-refractivity contribution in [3.05, 3.63) is 28.8 Å². The SMILES string of the molecule is CNN=C(C=Nc1ccc(Cl)cc1C)C1CC1. The van der Waals surface area contributed by atoms with Crippen LogP contribution in [0, 0.1) is 12.8 Å². The Labute approximate surface area is 107 Å². The molecule has 1 fully saturated rings. The summed E-state index contributed by atoms with van der Waals surface area (Å²) in [4.78, 5) is 4.47. The molecule has 1 aliphatic carbocycles. The maximum absolute atomic E-state index is 5.90. The molecule has 1 aromatic rings. The van der Waals surface area contributed by atoms with Gasteiger partial charge in [-0.15, -0.1) is 0 Å². The highest BCUT2D eigenvalue weighted by Crippen LogP contribution is 2.30. The Kier molecular flexibility index (Phi) is 3.79. The Morgan fingerprint density at radius 1 is 1.47 bits per heavy atom. The zero-order valence-electron chi connectivity index (χ0n) is 10.1. The molecule has 0 aliphatic heterocycles. The van der Waals surface area contributed by atoms with E-state index in [2.05, 4.69) is 15.5 Å². The summed E-state index contributed by atoms with van der Waals surface area (Å²) in [5.41, 5.74) is 5.87. The molecule has 0 aromatic heterocycles. The third-order valence-electron chi connectivity index (χ3n) is 2.73. The van der Waals surface area contributed by atoms with Crippen LogP contribution in [-0.2, 0) is 0 Å². The summed E-state index contributed by atoms with van der Waals surface area (Å²) >= 11 is 5.90. The Balaban J connectivity index is 2.15. The molecule has 0 unspecified atom stereocenters.